The van der Waals surface area contributed by atoms with Gasteiger partial charge in [0.1, 0.15) is 5.56 Å². The Labute approximate surface area is 96.1 Å². The zero-order valence-electron chi connectivity index (χ0n) is 8.60. The zero-order valence-corrected chi connectivity index (χ0v) is 9.41. The summed E-state index contributed by atoms with van der Waals surface area (Å²) in [7, 11) is 1.52. The van der Waals surface area contributed by atoms with Crippen LogP contribution in [0.4, 0.5) is 0 Å². The van der Waals surface area contributed by atoms with Crippen molar-refractivity contribution in [2.75, 3.05) is 13.2 Å². The van der Waals surface area contributed by atoms with Crippen molar-refractivity contribution < 1.29 is 10.2 Å². The Balaban J connectivity index is 3.06. The van der Waals surface area contributed by atoms with Gasteiger partial charge in [0.25, 0.3) is 5.56 Å². The first kappa shape index (κ1) is 12.4. The Morgan fingerprint density at radius 3 is 3.00 bits per heavy atom. The largest absolute Gasteiger partial charge is 0.494 e. The van der Waals surface area contributed by atoms with Crippen LogP contribution in [0.1, 0.15) is 5.56 Å². The molecular formula is C8H12N4O3S. The van der Waals surface area contributed by atoms with Crippen molar-refractivity contribution in [3.05, 3.63) is 20.7 Å². The van der Waals surface area contributed by atoms with Gasteiger partial charge in [0.15, 0.2) is 4.77 Å². The van der Waals surface area contributed by atoms with Crippen LogP contribution in [0.15, 0.2) is 9.90 Å². The molecule has 0 fully saturated rings. The van der Waals surface area contributed by atoms with Crippen LogP contribution >= 0.6 is 12.2 Å². The molecule has 0 radical (unpaired) electrons. The van der Waals surface area contributed by atoms with Gasteiger partial charge in [-0.1, -0.05) is 0 Å². The van der Waals surface area contributed by atoms with Crippen LogP contribution < -0.4 is 11.0 Å². The van der Waals surface area contributed by atoms with E-state index in [0.29, 0.717) is 0 Å². The fourth-order valence-electron chi connectivity index (χ4n) is 0.968. The third-order valence-electron chi connectivity index (χ3n) is 1.84. The van der Waals surface area contributed by atoms with Crippen molar-refractivity contribution >= 4 is 18.4 Å². The van der Waals surface area contributed by atoms with Gasteiger partial charge in [-0.25, -0.2) is 0 Å². The van der Waals surface area contributed by atoms with Crippen molar-refractivity contribution in [3.63, 3.8) is 0 Å². The Kier molecular flexibility index (Phi) is 4.20. The Morgan fingerprint density at radius 1 is 1.69 bits per heavy atom. The minimum absolute atomic E-state index is 0.00143. The number of hydrazone groups is 1. The molecule has 0 bridgehead atoms. The second kappa shape index (κ2) is 5.42. The Morgan fingerprint density at radius 2 is 2.38 bits per heavy atom. The molecule has 0 aromatic carbocycles. The van der Waals surface area contributed by atoms with Gasteiger partial charge in [0.05, 0.1) is 19.4 Å². The number of aliphatic hydroxyl groups excluding tert-OH is 1. The number of aromatic amines is 1. The highest BCUT2D eigenvalue weighted by Gasteiger charge is 2.07. The lowest BCUT2D eigenvalue weighted by Crippen LogP contribution is -2.19. The molecule has 0 unspecified atom stereocenters. The summed E-state index contributed by atoms with van der Waals surface area (Å²) < 4.78 is 1.38. The van der Waals surface area contributed by atoms with Crippen LogP contribution in [-0.4, -0.2) is 39.1 Å². The molecular weight excluding hydrogens is 232 g/mol. The highest BCUT2D eigenvalue weighted by molar-refractivity contribution is 7.71. The number of hydrogen-bond donors (Lipinski definition) is 4. The zero-order chi connectivity index (χ0) is 12.1. The van der Waals surface area contributed by atoms with Gasteiger partial charge in [-0.15, -0.1) is 0 Å². The first-order valence-electron chi connectivity index (χ1n) is 4.47. The van der Waals surface area contributed by atoms with Gasteiger partial charge < -0.3 is 15.6 Å². The second-order valence-corrected chi connectivity index (χ2v) is 3.33. The van der Waals surface area contributed by atoms with Crippen LogP contribution in [0.3, 0.4) is 0 Å². The fraction of sp³-hybridized carbons (Fsp3) is 0.375. The lowest BCUT2D eigenvalue weighted by Gasteiger charge is -2.04. The monoisotopic (exact) mass is 244 g/mol. The average molecular weight is 244 g/mol. The third-order valence-corrected chi connectivity index (χ3v) is 2.21. The summed E-state index contributed by atoms with van der Waals surface area (Å²) >= 11 is 4.80. The van der Waals surface area contributed by atoms with E-state index in [0.717, 1.165) is 0 Å². The number of nitrogens with one attached hydrogen (secondary N) is 2. The van der Waals surface area contributed by atoms with E-state index >= 15 is 0 Å². The van der Waals surface area contributed by atoms with E-state index in [9.17, 15) is 9.90 Å². The number of nitrogens with zero attached hydrogens (tertiary/aromatic N) is 2. The number of rotatable bonds is 4. The fourth-order valence-corrected chi connectivity index (χ4v) is 1.15. The smallest absolute Gasteiger partial charge is 0.264 e. The summed E-state index contributed by atoms with van der Waals surface area (Å²) in [5.74, 6) is -0.261. The highest BCUT2D eigenvalue weighted by atomic mass is 32.1. The standard InChI is InChI=1S/C8H12N4O3S/c1-12-7(15)5(4-10-9-2-3-13)6(14)11-8(12)16/h4,9,13,15H,2-3H2,1H3,(H,11,14,16)/b10-4+. The summed E-state index contributed by atoms with van der Waals surface area (Å²) in [6, 6.07) is 0. The third kappa shape index (κ3) is 2.67. The van der Waals surface area contributed by atoms with E-state index in [1.165, 1.54) is 17.8 Å². The normalized spacial score (nSPS) is 10.9. The van der Waals surface area contributed by atoms with Gasteiger partial charge in [-0.05, 0) is 12.2 Å². The number of aromatic hydroxyl groups is 1. The van der Waals surface area contributed by atoms with Gasteiger partial charge >= 0.3 is 0 Å². The molecule has 88 valence electrons. The summed E-state index contributed by atoms with van der Waals surface area (Å²) in [4.78, 5) is 13.8. The number of H-pyrrole nitrogens is 1. The molecule has 8 heteroatoms. The Bertz CT molecular complexity index is 505. The predicted molar refractivity (Wildman–Crippen MR) is 61.2 cm³/mol. The first-order chi connectivity index (χ1) is 7.57. The maximum atomic E-state index is 11.4. The molecule has 1 aromatic heterocycles. The lowest BCUT2D eigenvalue weighted by molar-refractivity contribution is 0.294. The van der Waals surface area contributed by atoms with Crippen LogP contribution in [0, 0.1) is 4.77 Å². The van der Waals surface area contributed by atoms with Crippen LogP contribution in [0.25, 0.3) is 0 Å². The molecule has 0 saturated heterocycles. The maximum absolute atomic E-state index is 11.4. The van der Waals surface area contributed by atoms with E-state index in [2.05, 4.69) is 15.5 Å². The van der Waals surface area contributed by atoms with E-state index in [1.807, 2.05) is 0 Å². The van der Waals surface area contributed by atoms with Crippen LogP contribution in [-0.2, 0) is 7.05 Å². The minimum Gasteiger partial charge on any atom is -0.494 e. The SMILES string of the molecule is Cn1c(O)c(/C=N/NCCO)c(=O)[nH]c1=S. The summed E-state index contributed by atoms with van der Waals surface area (Å²) in [5.41, 5.74) is 1.98. The van der Waals surface area contributed by atoms with Crippen molar-refractivity contribution in [2.24, 2.45) is 12.1 Å². The number of aromatic nitrogens is 2. The molecule has 1 aromatic rings. The van der Waals surface area contributed by atoms with Gasteiger partial charge in [0, 0.05) is 7.05 Å². The van der Waals surface area contributed by atoms with Crippen molar-refractivity contribution in [2.45, 2.75) is 0 Å². The van der Waals surface area contributed by atoms with Gasteiger partial charge in [-0.3, -0.25) is 14.3 Å². The first-order valence-corrected chi connectivity index (χ1v) is 4.87. The molecule has 0 aliphatic rings. The second-order valence-electron chi connectivity index (χ2n) is 2.95. The van der Waals surface area contributed by atoms with Gasteiger partial charge in [0.2, 0.25) is 5.88 Å². The molecule has 7 nitrogen and oxygen atoms in total. The van der Waals surface area contributed by atoms with E-state index in [-0.39, 0.29) is 29.4 Å². The molecule has 4 N–H and O–H groups in total. The molecule has 0 aliphatic carbocycles. The highest BCUT2D eigenvalue weighted by Crippen LogP contribution is 2.07. The Hall–Kier alpha value is -1.67. The molecule has 0 amide bonds. The summed E-state index contributed by atoms with van der Waals surface area (Å²) in [6.07, 6.45) is 1.17. The number of aliphatic hydroxyl groups is 1. The molecule has 0 atom stereocenters. The van der Waals surface area contributed by atoms with Crippen LogP contribution in [0.5, 0.6) is 5.88 Å². The molecule has 0 saturated carbocycles. The summed E-state index contributed by atoms with van der Waals surface area (Å²) in [6.45, 7) is 0.193. The van der Waals surface area contributed by atoms with Crippen molar-refractivity contribution in [1.82, 2.24) is 15.0 Å². The average Bonchev–Trinajstić information content (AvgIpc) is 2.25. The maximum Gasteiger partial charge on any atom is 0.264 e. The van der Waals surface area contributed by atoms with Gasteiger partial charge in [-0.2, -0.15) is 5.10 Å². The minimum atomic E-state index is -0.518. The van der Waals surface area contributed by atoms with E-state index in [4.69, 9.17) is 17.3 Å². The lowest BCUT2D eigenvalue weighted by atomic mass is 10.3. The molecule has 0 aliphatic heterocycles. The molecule has 0 spiro atoms. The van der Waals surface area contributed by atoms with E-state index in [1.54, 1.807) is 0 Å². The molecule has 16 heavy (non-hydrogen) atoms. The quantitative estimate of drug-likeness (QED) is 0.237. The van der Waals surface area contributed by atoms with Crippen molar-refractivity contribution in [3.8, 4) is 5.88 Å². The number of hydrogen-bond acceptors (Lipinski definition) is 6. The van der Waals surface area contributed by atoms with Crippen molar-refractivity contribution in [1.29, 1.82) is 0 Å². The van der Waals surface area contributed by atoms with Crippen LogP contribution in [0.2, 0.25) is 0 Å². The topological polar surface area (TPSA) is 103 Å². The van der Waals surface area contributed by atoms with E-state index < -0.39 is 5.56 Å². The molecule has 1 rings (SSSR count). The predicted octanol–water partition coefficient (Wildman–Crippen LogP) is -0.936. The molecule has 1 heterocycles. The summed E-state index contributed by atoms with van der Waals surface area (Å²) in [5, 5.41) is 21.8.